The van der Waals surface area contributed by atoms with Gasteiger partial charge >= 0.3 is 0 Å². The highest BCUT2D eigenvalue weighted by Gasteiger charge is 2.38. The van der Waals surface area contributed by atoms with Crippen molar-refractivity contribution in [3.8, 4) is 0 Å². The van der Waals surface area contributed by atoms with Crippen LogP contribution in [0, 0.1) is 5.92 Å². The third-order valence-electron chi connectivity index (χ3n) is 5.72. The zero-order valence-corrected chi connectivity index (χ0v) is 17.0. The summed E-state index contributed by atoms with van der Waals surface area (Å²) in [5.41, 5.74) is 1.94. The quantitative estimate of drug-likeness (QED) is 0.794. The van der Waals surface area contributed by atoms with E-state index in [0.717, 1.165) is 30.3 Å². The van der Waals surface area contributed by atoms with Gasteiger partial charge in [-0.25, -0.2) is 4.98 Å². The van der Waals surface area contributed by atoms with Gasteiger partial charge in [0.15, 0.2) is 0 Å². The SMILES string of the molecule is CN(C)c1ccc(N2CC(C(=O)N3CCN(c4ccccn4)CC3)CC2=O)cc1. The average molecular weight is 393 g/mol. The molecule has 2 aromatic rings. The Morgan fingerprint density at radius 2 is 1.76 bits per heavy atom. The smallest absolute Gasteiger partial charge is 0.228 e. The number of hydrogen-bond acceptors (Lipinski definition) is 5. The number of aromatic nitrogens is 1. The summed E-state index contributed by atoms with van der Waals surface area (Å²) >= 11 is 0. The number of benzene rings is 1. The lowest BCUT2D eigenvalue weighted by atomic mass is 10.1. The normalized spacial score (nSPS) is 19.6. The van der Waals surface area contributed by atoms with Crippen LogP contribution in [0.4, 0.5) is 17.2 Å². The number of pyridine rings is 1. The molecule has 2 saturated heterocycles. The summed E-state index contributed by atoms with van der Waals surface area (Å²) in [5, 5.41) is 0. The van der Waals surface area contributed by atoms with Crippen molar-refractivity contribution < 1.29 is 9.59 Å². The number of carbonyl (C=O) groups is 2. The fourth-order valence-electron chi connectivity index (χ4n) is 4.01. The molecule has 2 aliphatic rings. The Morgan fingerprint density at radius 1 is 1.03 bits per heavy atom. The van der Waals surface area contributed by atoms with Gasteiger partial charge in [-0.05, 0) is 36.4 Å². The molecule has 2 fully saturated rings. The molecule has 1 aromatic heterocycles. The maximum Gasteiger partial charge on any atom is 0.228 e. The van der Waals surface area contributed by atoms with Gasteiger partial charge in [-0.15, -0.1) is 0 Å². The first-order valence-electron chi connectivity index (χ1n) is 10.1. The van der Waals surface area contributed by atoms with Gasteiger partial charge in [0.25, 0.3) is 0 Å². The minimum Gasteiger partial charge on any atom is -0.378 e. The number of nitrogens with zero attached hydrogens (tertiary/aromatic N) is 5. The lowest BCUT2D eigenvalue weighted by Crippen LogP contribution is -2.51. The molecule has 2 aliphatic heterocycles. The zero-order chi connectivity index (χ0) is 20.4. The van der Waals surface area contributed by atoms with E-state index < -0.39 is 0 Å². The summed E-state index contributed by atoms with van der Waals surface area (Å²) in [6, 6.07) is 13.8. The fraction of sp³-hybridized carbons (Fsp3) is 0.409. The summed E-state index contributed by atoms with van der Waals surface area (Å²) in [5.74, 6) is 0.792. The van der Waals surface area contributed by atoms with Crippen LogP contribution >= 0.6 is 0 Å². The molecule has 2 amide bonds. The van der Waals surface area contributed by atoms with Crippen molar-refractivity contribution in [1.82, 2.24) is 9.88 Å². The Balaban J connectivity index is 1.36. The van der Waals surface area contributed by atoms with Crippen LogP contribution < -0.4 is 14.7 Å². The molecule has 7 nitrogen and oxygen atoms in total. The van der Waals surface area contributed by atoms with Gasteiger partial charge in [0.2, 0.25) is 11.8 Å². The highest BCUT2D eigenvalue weighted by molar-refractivity contribution is 6.00. The van der Waals surface area contributed by atoms with Gasteiger partial charge < -0.3 is 19.6 Å². The third kappa shape index (κ3) is 4.04. The highest BCUT2D eigenvalue weighted by atomic mass is 16.2. The van der Waals surface area contributed by atoms with Crippen molar-refractivity contribution >= 4 is 29.0 Å². The molecular formula is C22H27N5O2. The van der Waals surface area contributed by atoms with Gasteiger partial charge in [-0.2, -0.15) is 0 Å². The first-order chi connectivity index (χ1) is 14.0. The van der Waals surface area contributed by atoms with Crippen molar-refractivity contribution in [3.05, 3.63) is 48.7 Å². The topological polar surface area (TPSA) is 60.0 Å². The summed E-state index contributed by atoms with van der Waals surface area (Å²) in [6.45, 7) is 3.31. The lowest BCUT2D eigenvalue weighted by Gasteiger charge is -2.36. The number of amides is 2. The highest BCUT2D eigenvalue weighted by Crippen LogP contribution is 2.28. The zero-order valence-electron chi connectivity index (χ0n) is 17.0. The largest absolute Gasteiger partial charge is 0.378 e. The Morgan fingerprint density at radius 3 is 2.38 bits per heavy atom. The second kappa shape index (κ2) is 8.11. The van der Waals surface area contributed by atoms with Crippen LogP contribution in [0.5, 0.6) is 0 Å². The van der Waals surface area contributed by atoms with E-state index in [2.05, 4.69) is 9.88 Å². The molecule has 7 heteroatoms. The minimum absolute atomic E-state index is 0.0214. The molecule has 4 rings (SSSR count). The van der Waals surface area contributed by atoms with Crippen molar-refractivity contribution in [2.75, 3.05) is 61.5 Å². The summed E-state index contributed by atoms with van der Waals surface area (Å²) in [4.78, 5) is 37.8. The van der Waals surface area contributed by atoms with Crippen LogP contribution in [0.3, 0.4) is 0 Å². The Hall–Kier alpha value is -3.09. The van der Waals surface area contributed by atoms with Gasteiger partial charge in [-0.3, -0.25) is 9.59 Å². The van der Waals surface area contributed by atoms with Crippen LogP contribution in [0.25, 0.3) is 0 Å². The summed E-state index contributed by atoms with van der Waals surface area (Å²) < 4.78 is 0. The number of rotatable bonds is 4. The van der Waals surface area contributed by atoms with Crippen molar-refractivity contribution in [2.24, 2.45) is 5.92 Å². The molecule has 0 N–H and O–H groups in total. The second-order valence-electron chi connectivity index (χ2n) is 7.82. The first-order valence-corrected chi connectivity index (χ1v) is 10.1. The number of piperazine rings is 1. The van der Waals surface area contributed by atoms with E-state index in [1.165, 1.54) is 0 Å². The monoisotopic (exact) mass is 393 g/mol. The van der Waals surface area contributed by atoms with Gasteiger partial charge in [0.05, 0.1) is 5.92 Å². The van der Waals surface area contributed by atoms with E-state index in [-0.39, 0.29) is 24.2 Å². The summed E-state index contributed by atoms with van der Waals surface area (Å²) in [6.07, 6.45) is 2.07. The average Bonchev–Trinajstić information content (AvgIpc) is 3.15. The van der Waals surface area contributed by atoms with Crippen molar-refractivity contribution in [1.29, 1.82) is 0 Å². The molecule has 0 aliphatic carbocycles. The molecule has 0 radical (unpaired) electrons. The Kier molecular flexibility index (Phi) is 5.38. The lowest BCUT2D eigenvalue weighted by molar-refractivity contribution is -0.136. The van der Waals surface area contributed by atoms with Crippen LogP contribution in [0.1, 0.15) is 6.42 Å². The molecular weight excluding hydrogens is 366 g/mol. The molecule has 0 spiro atoms. The van der Waals surface area contributed by atoms with E-state index in [1.54, 1.807) is 11.1 Å². The third-order valence-corrected chi connectivity index (χ3v) is 5.72. The second-order valence-corrected chi connectivity index (χ2v) is 7.82. The van der Waals surface area contributed by atoms with Crippen LogP contribution in [-0.2, 0) is 9.59 Å². The number of anilines is 3. The Bertz CT molecular complexity index is 861. The van der Waals surface area contributed by atoms with E-state index >= 15 is 0 Å². The fourth-order valence-corrected chi connectivity index (χ4v) is 4.01. The molecule has 1 unspecified atom stereocenters. The van der Waals surface area contributed by atoms with Gasteiger partial charge in [0.1, 0.15) is 5.82 Å². The molecule has 29 heavy (non-hydrogen) atoms. The maximum atomic E-state index is 13.0. The van der Waals surface area contributed by atoms with E-state index in [4.69, 9.17) is 0 Å². The number of hydrogen-bond donors (Lipinski definition) is 0. The summed E-state index contributed by atoms with van der Waals surface area (Å²) in [7, 11) is 3.97. The van der Waals surface area contributed by atoms with Crippen LogP contribution in [-0.4, -0.2) is 68.5 Å². The Labute approximate surface area is 171 Å². The van der Waals surface area contributed by atoms with Gasteiger partial charge in [-0.1, -0.05) is 6.07 Å². The molecule has 152 valence electrons. The van der Waals surface area contributed by atoms with E-state index in [9.17, 15) is 9.59 Å². The molecule has 0 saturated carbocycles. The van der Waals surface area contributed by atoms with E-state index in [0.29, 0.717) is 19.6 Å². The number of carbonyl (C=O) groups excluding carboxylic acids is 2. The molecule has 3 heterocycles. The van der Waals surface area contributed by atoms with Gasteiger partial charge in [0, 0.05) is 70.8 Å². The molecule has 0 bridgehead atoms. The van der Waals surface area contributed by atoms with E-state index in [1.807, 2.05) is 66.4 Å². The standard InChI is InChI=1S/C22H27N5O2/c1-24(2)18-6-8-19(9-7-18)27-16-17(15-21(27)28)22(29)26-13-11-25(12-14-26)20-5-3-4-10-23-20/h3-10,17H,11-16H2,1-2H3. The maximum absolute atomic E-state index is 13.0. The minimum atomic E-state index is -0.266. The predicted molar refractivity (Wildman–Crippen MR) is 114 cm³/mol. The first kappa shape index (κ1) is 19.2. The van der Waals surface area contributed by atoms with Crippen molar-refractivity contribution in [2.45, 2.75) is 6.42 Å². The molecule has 1 atom stereocenters. The van der Waals surface area contributed by atoms with Crippen LogP contribution in [0.2, 0.25) is 0 Å². The van der Waals surface area contributed by atoms with Crippen molar-refractivity contribution in [3.63, 3.8) is 0 Å². The predicted octanol–water partition coefficient (Wildman–Crippen LogP) is 1.85. The molecule has 1 aromatic carbocycles. The van der Waals surface area contributed by atoms with Crippen LogP contribution in [0.15, 0.2) is 48.7 Å².